The molecule has 2 N–H and O–H groups in total. The van der Waals surface area contributed by atoms with Gasteiger partial charge in [-0.3, -0.25) is 0 Å². The van der Waals surface area contributed by atoms with Crippen LogP contribution in [0.3, 0.4) is 0 Å². The van der Waals surface area contributed by atoms with Crippen LogP contribution in [0.1, 0.15) is 16.7 Å². The van der Waals surface area contributed by atoms with Gasteiger partial charge in [0.1, 0.15) is 11.8 Å². The van der Waals surface area contributed by atoms with E-state index < -0.39 is 11.8 Å². The number of ether oxygens (including phenoxy) is 1. The molecule has 0 spiro atoms. The largest absolute Gasteiger partial charge is 0.339 e. The maximum Gasteiger partial charge on any atom is 0.146 e. The molecule has 3 rings (SSSR count). The Morgan fingerprint density at radius 3 is 1.33 bits per heavy atom. The van der Waals surface area contributed by atoms with Crippen LogP contribution >= 0.6 is 0 Å². The lowest BCUT2D eigenvalue weighted by molar-refractivity contribution is -0.0212. The fraction of sp³-hybridized carbons (Fsp3) is 0.0909. The third-order valence-corrected chi connectivity index (χ3v) is 4.09. The van der Waals surface area contributed by atoms with Gasteiger partial charge >= 0.3 is 0 Å². The number of nitrogens with two attached hydrogens (primary N) is 1. The van der Waals surface area contributed by atoms with Crippen LogP contribution in [0.5, 0.6) is 0 Å². The summed E-state index contributed by atoms with van der Waals surface area (Å²) in [5.74, 6) is 0. The maximum atomic E-state index is 6.41. The predicted molar refractivity (Wildman–Crippen MR) is 98.5 cm³/mol. The van der Waals surface area contributed by atoms with Crippen LogP contribution in [0.15, 0.2) is 104 Å². The molecule has 1 atom stereocenters. The minimum absolute atomic E-state index is 0.592. The van der Waals surface area contributed by atoms with E-state index in [0.717, 1.165) is 16.7 Å². The highest BCUT2D eigenvalue weighted by Gasteiger charge is 2.38. The van der Waals surface area contributed by atoms with Crippen molar-refractivity contribution in [2.24, 2.45) is 5.73 Å². The molecular formula is C22H21NO. The Hall–Kier alpha value is -2.68. The van der Waals surface area contributed by atoms with Gasteiger partial charge in [-0.05, 0) is 22.8 Å². The van der Waals surface area contributed by atoms with Gasteiger partial charge in [0.05, 0.1) is 0 Å². The Bertz CT molecular complexity index is 672. The van der Waals surface area contributed by atoms with Crippen LogP contribution in [-0.2, 0) is 10.3 Å². The summed E-state index contributed by atoms with van der Waals surface area (Å²) in [6, 6.07) is 30.5. The monoisotopic (exact) mass is 315 g/mol. The summed E-state index contributed by atoms with van der Waals surface area (Å²) in [7, 11) is 0. The molecule has 0 heterocycles. The standard InChI is InChI=1S/C22H21NO/c1-2-21(23)24-22(18-12-6-3-7-13-18,19-14-8-4-9-15-19)20-16-10-5-11-17-20/h2-17,21H,1,23H2. The predicted octanol–water partition coefficient (Wildman–Crippen LogP) is 4.47. The molecule has 0 aliphatic heterocycles. The van der Waals surface area contributed by atoms with Gasteiger partial charge in [0.2, 0.25) is 0 Å². The normalized spacial score (nSPS) is 12.5. The van der Waals surface area contributed by atoms with Crippen molar-refractivity contribution in [2.75, 3.05) is 0 Å². The van der Waals surface area contributed by atoms with Crippen LogP contribution < -0.4 is 5.73 Å². The first-order valence-electron chi connectivity index (χ1n) is 8.00. The first-order valence-corrected chi connectivity index (χ1v) is 8.00. The molecule has 0 aliphatic rings. The zero-order valence-corrected chi connectivity index (χ0v) is 13.5. The molecule has 2 heteroatoms. The Kier molecular flexibility index (Phi) is 4.90. The molecular weight excluding hydrogens is 294 g/mol. The second-order valence-corrected chi connectivity index (χ2v) is 5.60. The van der Waals surface area contributed by atoms with Crippen LogP contribution in [0.2, 0.25) is 0 Å². The van der Waals surface area contributed by atoms with E-state index in [-0.39, 0.29) is 0 Å². The average molecular weight is 315 g/mol. The summed E-state index contributed by atoms with van der Waals surface area (Å²) in [5.41, 5.74) is 8.42. The van der Waals surface area contributed by atoms with Gasteiger partial charge in [-0.2, -0.15) is 0 Å². The number of hydrogen-bond acceptors (Lipinski definition) is 2. The lowest BCUT2D eigenvalue weighted by Gasteiger charge is -2.37. The number of benzene rings is 3. The van der Waals surface area contributed by atoms with Crippen LogP contribution in [0, 0.1) is 0 Å². The fourth-order valence-corrected chi connectivity index (χ4v) is 2.97. The summed E-state index contributed by atoms with van der Waals surface area (Å²) < 4.78 is 6.41. The van der Waals surface area contributed by atoms with Gasteiger partial charge in [-0.1, -0.05) is 97.6 Å². The third kappa shape index (κ3) is 3.02. The van der Waals surface area contributed by atoms with Crippen LogP contribution in [0.4, 0.5) is 0 Å². The minimum Gasteiger partial charge on any atom is -0.339 e. The van der Waals surface area contributed by atoms with Crippen molar-refractivity contribution in [3.8, 4) is 0 Å². The molecule has 0 saturated heterocycles. The quantitative estimate of drug-likeness (QED) is 0.414. The van der Waals surface area contributed by atoms with E-state index in [1.807, 2.05) is 54.6 Å². The van der Waals surface area contributed by atoms with E-state index in [9.17, 15) is 0 Å². The summed E-state index contributed by atoms with van der Waals surface area (Å²) in [4.78, 5) is 0. The van der Waals surface area contributed by atoms with E-state index >= 15 is 0 Å². The lowest BCUT2D eigenvalue weighted by atomic mass is 9.80. The van der Waals surface area contributed by atoms with E-state index in [2.05, 4.69) is 43.0 Å². The highest BCUT2D eigenvalue weighted by Crippen LogP contribution is 2.40. The summed E-state index contributed by atoms with van der Waals surface area (Å²) >= 11 is 0. The van der Waals surface area contributed by atoms with E-state index in [0.29, 0.717) is 0 Å². The summed E-state index contributed by atoms with van der Waals surface area (Å²) in [6.07, 6.45) is 1.02. The average Bonchev–Trinajstić information content (AvgIpc) is 2.68. The van der Waals surface area contributed by atoms with Gasteiger partial charge < -0.3 is 10.5 Å². The fourth-order valence-electron chi connectivity index (χ4n) is 2.97. The SMILES string of the molecule is C=CC(N)OC(c1ccccc1)(c1ccccc1)c1ccccc1. The summed E-state index contributed by atoms with van der Waals surface area (Å²) in [6.45, 7) is 3.78. The van der Waals surface area contributed by atoms with E-state index in [1.54, 1.807) is 6.08 Å². The van der Waals surface area contributed by atoms with Gasteiger partial charge in [0.15, 0.2) is 0 Å². The molecule has 1 unspecified atom stereocenters. The lowest BCUT2D eigenvalue weighted by Crippen LogP contribution is -2.39. The molecule has 0 fully saturated rings. The number of hydrogen-bond donors (Lipinski definition) is 1. The second-order valence-electron chi connectivity index (χ2n) is 5.60. The first kappa shape index (κ1) is 16.2. The Morgan fingerprint density at radius 2 is 1.04 bits per heavy atom. The van der Waals surface area contributed by atoms with Crippen molar-refractivity contribution in [3.63, 3.8) is 0 Å². The first-order chi connectivity index (χ1) is 11.8. The molecule has 0 saturated carbocycles. The topological polar surface area (TPSA) is 35.2 Å². The molecule has 2 nitrogen and oxygen atoms in total. The smallest absolute Gasteiger partial charge is 0.146 e. The maximum absolute atomic E-state index is 6.41. The Morgan fingerprint density at radius 1 is 0.708 bits per heavy atom. The Balaban J connectivity index is 2.30. The molecule has 0 amide bonds. The zero-order chi connectivity index (χ0) is 16.8. The zero-order valence-electron chi connectivity index (χ0n) is 13.5. The van der Waals surface area contributed by atoms with E-state index in [1.165, 1.54) is 0 Å². The van der Waals surface area contributed by atoms with E-state index in [4.69, 9.17) is 10.5 Å². The van der Waals surface area contributed by atoms with Gasteiger partial charge in [-0.15, -0.1) is 0 Å². The highest BCUT2D eigenvalue weighted by molar-refractivity contribution is 5.47. The molecule has 0 radical (unpaired) electrons. The van der Waals surface area contributed by atoms with Gasteiger partial charge in [-0.25, -0.2) is 0 Å². The van der Waals surface area contributed by atoms with Gasteiger partial charge in [0, 0.05) is 0 Å². The van der Waals surface area contributed by atoms with Crippen LogP contribution in [-0.4, -0.2) is 6.23 Å². The highest BCUT2D eigenvalue weighted by atomic mass is 16.5. The van der Waals surface area contributed by atoms with Crippen molar-refractivity contribution in [1.29, 1.82) is 0 Å². The second kappa shape index (κ2) is 7.26. The van der Waals surface area contributed by atoms with Crippen molar-refractivity contribution >= 4 is 0 Å². The molecule has 24 heavy (non-hydrogen) atoms. The number of rotatable bonds is 6. The molecule has 120 valence electrons. The molecule has 3 aromatic rings. The third-order valence-electron chi connectivity index (χ3n) is 4.09. The van der Waals surface area contributed by atoms with Crippen molar-refractivity contribution in [2.45, 2.75) is 11.8 Å². The molecule has 0 aliphatic carbocycles. The molecule has 0 bridgehead atoms. The molecule has 0 aromatic heterocycles. The van der Waals surface area contributed by atoms with Gasteiger partial charge in [0.25, 0.3) is 0 Å². The van der Waals surface area contributed by atoms with Crippen molar-refractivity contribution in [1.82, 2.24) is 0 Å². The summed E-state index contributed by atoms with van der Waals surface area (Å²) in [5, 5.41) is 0. The van der Waals surface area contributed by atoms with Crippen molar-refractivity contribution < 1.29 is 4.74 Å². The Labute approximate surface area is 143 Å². The molecule has 3 aromatic carbocycles. The minimum atomic E-state index is -0.794. The van der Waals surface area contributed by atoms with Crippen LogP contribution in [0.25, 0.3) is 0 Å². The van der Waals surface area contributed by atoms with Crippen molar-refractivity contribution in [3.05, 3.63) is 120 Å².